The molecule has 1 N–H and O–H groups in total. The molecule has 0 atom stereocenters. The molecule has 0 bridgehead atoms. The van der Waals surface area contributed by atoms with Crippen molar-refractivity contribution in [1.82, 2.24) is 4.90 Å². The van der Waals surface area contributed by atoms with Gasteiger partial charge in [0.15, 0.2) is 16.7 Å². The van der Waals surface area contributed by atoms with E-state index in [0.29, 0.717) is 45.4 Å². The van der Waals surface area contributed by atoms with Crippen LogP contribution in [0.5, 0.6) is 17.2 Å². The quantitative estimate of drug-likeness (QED) is 0.180. The van der Waals surface area contributed by atoms with Crippen LogP contribution in [0.25, 0.3) is 6.08 Å². The summed E-state index contributed by atoms with van der Waals surface area (Å²) in [5.41, 5.74) is 1.28. The highest BCUT2D eigenvalue weighted by Gasteiger charge is 2.34. The van der Waals surface area contributed by atoms with Crippen molar-refractivity contribution in [1.29, 1.82) is 0 Å². The van der Waals surface area contributed by atoms with Gasteiger partial charge in [-0.3, -0.25) is 9.69 Å². The van der Waals surface area contributed by atoms with E-state index in [0.717, 1.165) is 10.0 Å². The van der Waals surface area contributed by atoms with Crippen LogP contribution in [0.4, 0.5) is 0 Å². The van der Waals surface area contributed by atoms with Crippen molar-refractivity contribution in [2.75, 3.05) is 13.7 Å². The first-order valence-corrected chi connectivity index (χ1v) is 13.1. The Morgan fingerprint density at radius 1 is 1.19 bits per heavy atom. The number of carbonyl (C=O) groups excluding carboxylic acids is 1. The number of rotatable bonds is 9. The number of benzene rings is 2. The van der Waals surface area contributed by atoms with Gasteiger partial charge in [-0.05, 0) is 77.9 Å². The Morgan fingerprint density at radius 3 is 2.76 bits per heavy atom. The second-order valence-corrected chi connectivity index (χ2v) is 10.5. The number of hydrogen-bond donors (Lipinski definition) is 1. The minimum absolute atomic E-state index is 0.0693. The summed E-state index contributed by atoms with van der Waals surface area (Å²) in [5.74, 6) is 2.07. The molecule has 0 unspecified atom stereocenters. The average Bonchev–Trinajstić information content (AvgIpc) is 3.49. The number of furan rings is 1. The Labute approximate surface area is 227 Å². The fourth-order valence-electron chi connectivity index (χ4n) is 3.35. The van der Waals surface area contributed by atoms with Crippen LogP contribution < -0.4 is 9.47 Å². The number of hydrogen-bond acceptors (Lipinski definition) is 8. The van der Waals surface area contributed by atoms with Crippen molar-refractivity contribution in [3.8, 4) is 17.2 Å². The summed E-state index contributed by atoms with van der Waals surface area (Å²) in [6.07, 6.45) is 4.77. The van der Waals surface area contributed by atoms with Crippen molar-refractivity contribution in [3.05, 3.63) is 81.1 Å². The van der Waals surface area contributed by atoms with Gasteiger partial charge in [-0.1, -0.05) is 29.8 Å². The van der Waals surface area contributed by atoms with Gasteiger partial charge >= 0.3 is 0 Å². The molecule has 0 spiro atoms. The van der Waals surface area contributed by atoms with Crippen molar-refractivity contribution < 1.29 is 23.8 Å². The first-order chi connectivity index (χ1) is 17.8. The lowest BCUT2D eigenvalue weighted by Crippen LogP contribution is -2.28. The molecule has 1 saturated heterocycles. The molecule has 0 saturated carbocycles. The molecule has 1 aromatic heterocycles. The molecule has 10 heteroatoms. The lowest BCUT2D eigenvalue weighted by Gasteiger charge is -2.13. The lowest BCUT2D eigenvalue weighted by molar-refractivity contribution is -0.122. The van der Waals surface area contributed by atoms with Crippen LogP contribution in [-0.4, -0.2) is 41.0 Å². The predicted octanol–water partition coefficient (Wildman–Crippen LogP) is 6.30. The van der Waals surface area contributed by atoms with Gasteiger partial charge in [0, 0.05) is 10.0 Å². The number of thioether (sulfide) groups is 1. The number of phenols is 1. The number of nitrogens with zero attached hydrogens (tertiary/aromatic N) is 3. The number of amides is 1. The SMILES string of the molecule is COc1cc(/C=N/N=C2\S/C(=C\c3cc(Br)ccc3O)C(=O)N2Cc2ccco2)ccc1OCC(C)C. The standard InChI is InChI=1S/C27H26BrN3O5S/c1-17(2)16-36-23-9-6-18(11-24(23)34-3)14-29-30-27-31(15-21-5-4-10-35-21)26(33)25(37-27)13-19-12-20(28)7-8-22(19)32/h4-14,17,32H,15-16H2,1-3H3/b25-13-,29-14+,30-27-. The first kappa shape index (κ1) is 26.6. The molecule has 1 aliphatic heterocycles. The number of ether oxygens (including phenoxy) is 2. The summed E-state index contributed by atoms with van der Waals surface area (Å²) >= 11 is 4.57. The molecule has 3 aromatic rings. The molecule has 37 heavy (non-hydrogen) atoms. The maximum atomic E-state index is 13.2. The highest BCUT2D eigenvalue weighted by molar-refractivity contribution is 9.10. The topological polar surface area (TPSA) is 96.9 Å². The van der Waals surface area contributed by atoms with E-state index in [2.05, 4.69) is 40.0 Å². The Kier molecular flexibility index (Phi) is 8.73. The molecule has 1 amide bonds. The summed E-state index contributed by atoms with van der Waals surface area (Å²) < 4.78 is 17.5. The van der Waals surface area contributed by atoms with E-state index in [1.54, 1.807) is 56.0 Å². The maximum Gasteiger partial charge on any atom is 0.267 e. The highest BCUT2D eigenvalue weighted by atomic mass is 79.9. The fourth-order valence-corrected chi connectivity index (χ4v) is 4.65. The summed E-state index contributed by atoms with van der Waals surface area (Å²) in [6, 6.07) is 14.1. The van der Waals surface area contributed by atoms with Crippen molar-refractivity contribution >= 4 is 51.1 Å². The lowest BCUT2D eigenvalue weighted by atomic mass is 10.2. The summed E-state index contributed by atoms with van der Waals surface area (Å²) in [5, 5.41) is 19.2. The molecule has 1 aliphatic rings. The van der Waals surface area contributed by atoms with Crippen LogP contribution in [0.1, 0.15) is 30.7 Å². The zero-order valence-corrected chi connectivity index (χ0v) is 23.0. The van der Waals surface area contributed by atoms with Gasteiger partial charge in [-0.15, -0.1) is 5.10 Å². The number of phenolic OH excluding ortho intramolecular Hbond substituents is 1. The number of aromatic hydroxyl groups is 1. The van der Waals surface area contributed by atoms with E-state index in [1.165, 1.54) is 16.7 Å². The second kappa shape index (κ2) is 12.2. The van der Waals surface area contributed by atoms with Gasteiger partial charge < -0.3 is 19.0 Å². The van der Waals surface area contributed by atoms with E-state index in [-0.39, 0.29) is 18.2 Å². The highest BCUT2D eigenvalue weighted by Crippen LogP contribution is 2.36. The van der Waals surface area contributed by atoms with Gasteiger partial charge in [0.2, 0.25) is 0 Å². The number of methoxy groups -OCH3 is 1. The normalized spacial score (nSPS) is 16.0. The van der Waals surface area contributed by atoms with Crippen molar-refractivity contribution in [2.45, 2.75) is 20.4 Å². The van der Waals surface area contributed by atoms with E-state index in [4.69, 9.17) is 13.9 Å². The Balaban J connectivity index is 1.59. The molecule has 0 radical (unpaired) electrons. The third kappa shape index (κ3) is 6.84. The number of carbonyl (C=O) groups is 1. The van der Waals surface area contributed by atoms with Crippen LogP contribution in [-0.2, 0) is 11.3 Å². The fraction of sp³-hybridized carbons (Fsp3) is 0.222. The zero-order valence-electron chi connectivity index (χ0n) is 20.6. The van der Waals surface area contributed by atoms with Gasteiger partial charge in [0.1, 0.15) is 11.5 Å². The summed E-state index contributed by atoms with van der Waals surface area (Å²) in [7, 11) is 1.59. The number of halogens is 1. The first-order valence-electron chi connectivity index (χ1n) is 11.5. The van der Waals surface area contributed by atoms with E-state index < -0.39 is 0 Å². The van der Waals surface area contributed by atoms with E-state index in [1.807, 2.05) is 18.2 Å². The molecule has 192 valence electrons. The molecule has 4 rings (SSSR count). The smallest absolute Gasteiger partial charge is 0.267 e. The van der Waals surface area contributed by atoms with Crippen LogP contribution in [0.3, 0.4) is 0 Å². The Hall–Kier alpha value is -3.50. The average molecular weight is 584 g/mol. The Morgan fingerprint density at radius 2 is 2.03 bits per heavy atom. The third-order valence-electron chi connectivity index (χ3n) is 5.17. The molecule has 1 fully saturated rings. The van der Waals surface area contributed by atoms with Crippen molar-refractivity contribution in [3.63, 3.8) is 0 Å². The predicted molar refractivity (Wildman–Crippen MR) is 149 cm³/mol. The van der Waals surface area contributed by atoms with E-state index >= 15 is 0 Å². The van der Waals surface area contributed by atoms with Crippen LogP contribution in [0.2, 0.25) is 0 Å². The van der Waals surface area contributed by atoms with Crippen LogP contribution >= 0.6 is 27.7 Å². The summed E-state index contributed by atoms with van der Waals surface area (Å²) in [4.78, 5) is 15.1. The summed E-state index contributed by atoms with van der Waals surface area (Å²) in [6.45, 7) is 4.94. The van der Waals surface area contributed by atoms with E-state index in [9.17, 15) is 9.90 Å². The van der Waals surface area contributed by atoms with Gasteiger partial charge in [-0.25, -0.2) is 0 Å². The van der Waals surface area contributed by atoms with Gasteiger partial charge in [-0.2, -0.15) is 5.10 Å². The molecule has 2 heterocycles. The van der Waals surface area contributed by atoms with Crippen LogP contribution in [0.15, 0.2) is 78.8 Å². The minimum atomic E-state index is -0.261. The van der Waals surface area contributed by atoms with Crippen molar-refractivity contribution in [2.24, 2.45) is 16.1 Å². The van der Waals surface area contributed by atoms with Gasteiger partial charge in [0.05, 0.1) is 37.6 Å². The second-order valence-electron chi connectivity index (χ2n) is 8.53. The molecule has 8 nitrogen and oxygen atoms in total. The maximum absolute atomic E-state index is 13.2. The minimum Gasteiger partial charge on any atom is -0.507 e. The van der Waals surface area contributed by atoms with Crippen LogP contribution in [0, 0.1) is 5.92 Å². The monoisotopic (exact) mass is 583 g/mol. The zero-order chi connectivity index (χ0) is 26.4. The molecular weight excluding hydrogens is 558 g/mol. The third-order valence-corrected chi connectivity index (χ3v) is 6.66. The molecule has 2 aromatic carbocycles. The number of amidine groups is 1. The molecular formula is C27H26BrN3O5S. The Bertz CT molecular complexity index is 1350. The largest absolute Gasteiger partial charge is 0.507 e. The van der Waals surface area contributed by atoms with Gasteiger partial charge in [0.25, 0.3) is 5.91 Å². The molecule has 0 aliphatic carbocycles.